The summed E-state index contributed by atoms with van der Waals surface area (Å²) in [5.74, 6) is 0. The molecule has 3 rings (SSSR count). The van der Waals surface area contributed by atoms with Crippen molar-refractivity contribution >= 4 is 41.1 Å². The van der Waals surface area contributed by atoms with Crippen LogP contribution in [0.15, 0.2) is 63.7 Å². The van der Waals surface area contributed by atoms with Crippen molar-refractivity contribution in [1.82, 2.24) is 9.55 Å². The third-order valence-corrected chi connectivity index (χ3v) is 6.37. The van der Waals surface area contributed by atoms with Crippen molar-refractivity contribution in [3.63, 3.8) is 0 Å². The van der Waals surface area contributed by atoms with Crippen LogP contribution in [0, 0.1) is 0 Å². The third kappa shape index (κ3) is 4.92. The van der Waals surface area contributed by atoms with Crippen molar-refractivity contribution in [3.8, 4) is 0 Å². The van der Waals surface area contributed by atoms with Gasteiger partial charge in [-0.15, -0.1) is 0 Å². The number of hydrogen-bond donors (Lipinski definition) is 3. The zero-order valence-corrected chi connectivity index (χ0v) is 16.5. The molecule has 0 aliphatic carbocycles. The lowest BCUT2D eigenvalue weighted by Crippen LogP contribution is -2.15. The SMILES string of the molecule is Cn1ccnc1.O=S(=O)(O)c1cc2ccccc2c(S(=O)(=O)O)c1S(=O)(=O)O. The highest BCUT2D eigenvalue weighted by Crippen LogP contribution is 2.35. The summed E-state index contributed by atoms with van der Waals surface area (Å²) < 4.78 is 97.9. The maximum Gasteiger partial charge on any atom is 0.297 e. The summed E-state index contributed by atoms with van der Waals surface area (Å²) in [6, 6.07) is 5.69. The lowest BCUT2D eigenvalue weighted by Gasteiger charge is -2.12. The van der Waals surface area contributed by atoms with Gasteiger partial charge in [-0.25, -0.2) is 4.98 Å². The van der Waals surface area contributed by atoms with Crippen LogP contribution in [0.2, 0.25) is 0 Å². The summed E-state index contributed by atoms with van der Waals surface area (Å²) in [5, 5.41) is -0.430. The lowest BCUT2D eigenvalue weighted by atomic mass is 10.1. The molecule has 11 nitrogen and oxygen atoms in total. The van der Waals surface area contributed by atoms with Crippen LogP contribution in [0.5, 0.6) is 0 Å². The van der Waals surface area contributed by atoms with E-state index in [4.69, 9.17) is 9.11 Å². The van der Waals surface area contributed by atoms with Gasteiger partial charge in [0.2, 0.25) is 0 Å². The number of benzene rings is 2. The highest BCUT2D eigenvalue weighted by atomic mass is 32.2. The van der Waals surface area contributed by atoms with Crippen LogP contribution >= 0.6 is 0 Å². The number of rotatable bonds is 3. The van der Waals surface area contributed by atoms with Gasteiger partial charge in [0.1, 0.15) is 14.7 Å². The number of aryl methyl sites for hydroxylation is 1. The molecule has 2 aromatic carbocycles. The maximum atomic E-state index is 11.5. The van der Waals surface area contributed by atoms with Crippen molar-refractivity contribution in [3.05, 3.63) is 49.1 Å². The van der Waals surface area contributed by atoms with Crippen molar-refractivity contribution < 1.29 is 38.9 Å². The van der Waals surface area contributed by atoms with Gasteiger partial charge in [0.25, 0.3) is 30.4 Å². The molecule has 0 fully saturated rings. The molecule has 0 aliphatic heterocycles. The van der Waals surface area contributed by atoms with Gasteiger partial charge in [-0.2, -0.15) is 25.3 Å². The fourth-order valence-corrected chi connectivity index (χ4v) is 5.69. The molecule has 0 radical (unpaired) electrons. The molecule has 0 aliphatic rings. The van der Waals surface area contributed by atoms with Gasteiger partial charge >= 0.3 is 0 Å². The van der Waals surface area contributed by atoms with E-state index in [0.29, 0.717) is 6.07 Å². The zero-order valence-electron chi connectivity index (χ0n) is 14.0. The summed E-state index contributed by atoms with van der Waals surface area (Å²) in [6.07, 6.45) is 5.39. The molecule has 0 saturated heterocycles. The first-order valence-corrected chi connectivity index (χ1v) is 11.4. The Labute approximate surface area is 160 Å². The minimum absolute atomic E-state index is 0.0878. The summed E-state index contributed by atoms with van der Waals surface area (Å²) in [7, 11) is -13.9. The van der Waals surface area contributed by atoms with Crippen molar-refractivity contribution in [2.75, 3.05) is 0 Å². The summed E-state index contributed by atoms with van der Waals surface area (Å²) >= 11 is 0. The van der Waals surface area contributed by atoms with Gasteiger partial charge in [0.15, 0.2) is 0 Å². The molecule has 152 valence electrons. The predicted octanol–water partition coefficient (Wildman–Crippen LogP) is 1.000. The minimum Gasteiger partial charge on any atom is -0.341 e. The number of hydrogen-bond acceptors (Lipinski definition) is 7. The summed E-state index contributed by atoms with van der Waals surface area (Å²) in [6.45, 7) is 0. The van der Waals surface area contributed by atoms with Crippen molar-refractivity contribution in [2.24, 2.45) is 7.05 Å². The second-order valence-electron chi connectivity index (χ2n) is 5.41. The number of aromatic nitrogens is 2. The van der Waals surface area contributed by atoms with Gasteiger partial charge in [-0.05, 0) is 11.5 Å². The van der Waals surface area contributed by atoms with E-state index >= 15 is 0 Å². The van der Waals surface area contributed by atoms with E-state index in [1.807, 2.05) is 17.8 Å². The molecule has 3 N–H and O–H groups in total. The molecular formula is C14H14N2O9S3. The van der Waals surface area contributed by atoms with Gasteiger partial charge in [0, 0.05) is 24.8 Å². The molecular weight excluding hydrogens is 436 g/mol. The zero-order chi connectivity index (χ0) is 21.3. The highest BCUT2D eigenvalue weighted by molar-refractivity contribution is 7.90. The van der Waals surface area contributed by atoms with Crippen LogP contribution in [-0.4, -0.2) is 48.5 Å². The topological polar surface area (TPSA) is 181 Å². The highest BCUT2D eigenvalue weighted by Gasteiger charge is 2.34. The van der Waals surface area contributed by atoms with Crippen LogP contribution in [-0.2, 0) is 37.4 Å². The molecule has 1 heterocycles. The minimum atomic E-state index is -5.40. The molecule has 0 atom stereocenters. The molecule has 0 saturated carbocycles. The molecule has 3 aromatic rings. The Hall–Kier alpha value is -2.36. The van der Waals surface area contributed by atoms with Gasteiger partial charge in [-0.3, -0.25) is 13.7 Å². The van der Waals surface area contributed by atoms with E-state index in [9.17, 15) is 29.8 Å². The number of imidazole rings is 1. The lowest BCUT2D eigenvalue weighted by molar-refractivity contribution is 0.457. The quantitative estimate of drug-likeness (QED) is 0.487. The molecule has 28 heavy (non-hydrogen) atoms. The second-order valence-corrected chi connectivity index (χ2v) is 9.51. The smallest absolute Gasteiger partial charge is 0.297 e. The first-order valence-electron chi connectivity index (χ1n) is 7.13. The van der Waals surface area contributed by atoms with Crippen LogP contribution in [0.25, 0.3) is 10.8 Å². The summed E-state index contributed by atoms with van der Waals surface area (Å²) in [4.78, 5) is -0.522. The standard InChI is InChI=1S/C10H8O9S3.C4H6N2/c11-20(12,13)8-5-6-3-1-2-4-7(6)9(21(14,15)16)10(8)22(17,18)19;1-6-3-2-5-4-6/h1-5H,(H,11,12,13)(H,14,15,16)(H,17,18,19);2-4H,1H3. The fraction of sp³-hybridized carbons (Fsp3) is 0.0714. The fourth-order valence-electron chi connectivity index (χ4n) is 2.29. The Kier molecular flexibility index (Phi) is 5.93. The molecule has 0 bridgehead atoms. The van der Waals surface area contributed by atoms with E-state index in [2.05, 4.69) is 4.98 Å². The van der Waals surface area contributed by atoms with Gasteiger partial charge in [-0.1, -0.05) is 24.3 Å². The maximum absolute atomic E-state index is 11.5. The Balaban J connectivity index is 0.000000397. The van der Waals surface area contributed by atoms with Gasteiger partial charge < -0.3 is 4.57 Å². The van der Waals surface area contributed by atoms with Crippen LogP contribution in [0.4, 0.5) is 0 Å². The summed E-state index contributed by atoms with van der Waals surface area (Å²) in [5.41, 5.74) is 0. The van der Waals surface area contributed by atoms with E-state index < -0.39 is 45.0 Å². The first kappa shape index (κ1) is 21.9. The largest absolute Gasteiger partial charge is 0.341 e. The predicted molar refractivity (Wildman–Crippen MR) is 96.6 cm³/mol. The van der Waals surface area contributed by atoms with Gasteiger partial charge in [0.05, 0.1) is 6.33 Å². The average molecular weight is 450 g/mol. The number of nitrogens with zero attached hydrogens (tertiary/aromatic N) is 2. The normalized spacial score (nSPS) is 12.4. The third-order valence-electron chi connectivity index (χ3n) is 3.35. The second kappa shape index (κ2) is 7.57. The average Bonchev–Trinajstić information content (AvgIpc) is 3.02. The van der Waals surface area contributed by atoms with E-state index in [-0.39, 0.29) is 10.8 Å². The van der Waals surface area contributed by atoms with E-state index in [0.717, 1.165) is 6.07 Å². The molecule has 14 heteroatoms. The Morgan fingerprint density at radius 1 is 0.857 bits per heavy atom. The molecule has 0 unspecified atom stereocenters. The number of fused-ring (bicyclic) bond motifs is 1. The Morgan fingerprint density at radius 2 is 1.43 bits per heavy atom. The molecule has 0 spiro atoms. The van der Waals surface area contributed by atoms with Crippen molar-refractivity contribution in [1.29, 1.82) is 0 Å². The van der Waals surface area contributed by atoms with Crippen LogP contribution in [0.1, 0.15) is 0 Å². The Morgan fingerprint density at radius 3 is 1.82 bits per heavy atom. The van der Waals surface area contributed by atoms with E-state index in [1.54, 1.807) is 12.5 Å². The van der Waals surface area contributed by atoms with E-state index in [1.165, 1.54) is 18.2 Å². The van der Waals surface area contributed by atoms with Crippen molar-refractivity contribution in [2.45, 2.75) is 14.7 Å². The molecule has 1 aromatic heterocycles. The van der Waals surface area contributed by atoms with Crippen LogP contribution in [0.3, 0.4) is 0 Å². The molecule has 0 amide bonds. The van der Waals surface area contributed by atoms with Crippen LogP contribution < -0.4 is 0 Å². The Bertz CT molecular complexity index is 1330. The first-order chi connectivity index (χ1) is 12.7. The monoisotopic (exact) mass is 450 g/mol.